The maximum absolute atomic E-state index is 12.8. The summed E-state index contributed by atoms with van der Waals surface area (Å²) in [5, 5.41) is 40.3. The van der Waals surface area contributed by atoms with Crippen LogP contribution in [0.5, 0.6) is 0 Å². The molecule has 1 aliphatic rings. The molecule has 0 aromatic rings. The molecule has 1 aliphatic heterocycles. The standard InChI is InChI=1S/C59H102O9/c1-3-5-7-9-11-13-15-17-19-21-23-25-27-28-30-32-34-36-38-40-42-44-46-48-55(61)67-53(52-66-59-58(64)57(63)56(62)54(50-60)68-59)51-65-49-47-45-43-41-39-37-35-33-31-29-26-24-22-20-18-16-14-12-10-8-6-4-2/h5,7,11,13,17,19,23,25,28,30,34,36,40,42,53-54,56-60,62-64H,3-4,6,8-10,12,14-16,18,20-22,24,26-27,29,31-33,35,37-39,41,43-52H2,1-2H3/b7-5-,13-11-,19-17-,25-23-,30-28-,36-34-,42-40-. The van der Waals surface area contributed by atoms with Crippen molar-refractivity contribution in [3.8, 4) is 0 Å². The van der Waals surface area contributed by atoms with Gasteiger partial charge in [-0.3, -0.25) is 4.79 Å². The zero-order valence-corrected chi connectivity index (χ0v) is 43.3. The number of aliphatic hydroxyl groups is 4. The van der Waals surface area contributed by atoms with Crippen molar-refractivity contribution in [2.75, 3.05) is 26.4 Å². The molecule has 68 heavy (non-hydrogen) atoms. The van der Waals surface area contributed by atoms with Crippen LogP contribution in [0.3, 0.4) is 0 Å². The first-order valence-corrected chi connectivity index (χ1v) is 27.7. The van der Waals surface area contributed by atoms with E-state index in [1.54, 1.807) is 0 Å². The van der Waals surface area contributed by atoms with Crippen LogP contribution in [-0.4, -0.2) is 89.6 Å². The number of aliphatic hydroxyl groups excluding tert-OH is 4. The van der Waals surface area contributed by atoms with Crippen molar-refractivity contribution >= 4 is 5.97 Å². The van der Waals surface area contributed by atoms with Gasteiger partial charge in [-0.05, 0) is 64.2 Å². The molecule has 1 saturated heterocycles. The Hall–Kier alpha value is -2.63. The summed E-state index contributed by atoms with van der Waals surface area (Å²) < 4.78 is 22.9. The zero-order chi connectivity index (χ0) is 49.2. The van der Waals surface area contributed by atoms with Gasteiger partial charge in [0.25, 0.3) is 0 Å². The number of unbranched alkanes of at least 4 members (excludes halogenated alkanes) is 22. The average molecular weight is 955 g/mol. The summed E-state index contributed by atoms with van der Waals surface area (Å²) in [7, 11) is 0. The number of allylic oxidation sites excluding steroid dienone is 14. The van der Waals surface area contributed by atoms with Crippen molar-refractivity contribution in [3.05, 3.63) is 85.1 Å². The van der Waals surface area contributed by atoms with E-state index in [0.717, 1.165) is 64.2 Å². The third kappa shape index (κ3) is 39.1. The van der Waals surface area contributed by atoms with E-state index in [1.165, 1.54) is 128 Å². The monoisotopic (exact) mass is 955 g/mol. The number of hydrogen-bond donors (Lipinski definition) is 4. The molecule has 4 N–H and O–H groups in total. The van der Waals surface area contributed by atoms with Gasteiger partial charge in [-0.15, -0.1) is 0 Å². The number of rotatable bonds is 47. The van der Waals surface area contributed by atoms with E-state index >= 15 is 0 Å². The molecule has 0 amide bonds. The maximum Gasteiger partial charge on any atom is 0.306 e. The summed E-state index contributed by atoms with van der Waals surface area (Å²) in [6.07, 6.45) is 60.6. The third-order valence-electron chi connectivity index (χ3n) is 12.3. The highest BCUT2D eigenvalue weighted by molar-refractivity contribution is 5.69. The smallest absolute Gasteiger partial charge is 0.306 e. The first-order valence-electron chi connectivity index (χ1n) is 27.7. The molecule has 6 atom stereocenters. The Kier molecular flexibility index (Phi) is 46.0. The van der Waals surface area contributed by atoms with Crippen molar-refractivity contribution in [1.29, 1.82) is 0 Å². The lowest BCUT2D eigenvalue weighted by Crippen LogP contribution is -2.59. The van der Waals surface area contributed by atoms with E-state index in [-0.39, 0.29) is 25.6 Å². The lowest BCUT2D eigenvalue weighted by Gasteiger charge is -2.39. The van der Waals surface area contributed by atoms with E-state index in [4.69, 9.17) is 18.9 Å². The van der Waals surface area contributed by atoms with Crippen LogP contribution in [0.2, 0.25) is 0 Å². The summed E-state index contributed by atoms with van der Waals surface area (Å²) >= 11 is 0. The first-order chi connectivity index (χ1) is 33.4. The van der Waals surface area contributed by atoms with E-state index in [9.17, 15) is 25.2 Å². The molecule has 0 radical (unpaired) electrons. The molecule has 0 bridgehead atoms. The largest absolute Gasteiger partial charge is 0.457 e. The number of esters is 1. The first kappa shape index (κ1) is 63.4. The Morgan fingerprint density at radius 2 is 0.882 bits per heavy atom. The number of carbonyl (C=O) groups excluding carboxylic acids is 1. The molecule has 0 aliphatic carbocycles. The third-order valence-corrected chi connectivity index (χ3v) is 12.3. The Labute approximate surface area is 416 Å². The second-order valence-electron chi connectivity index (χ2n) is 18.7. The zero-order valence-electron chi connectivity index (χ0n) is 43.3. The molecule has 392 valence electrons. The van der Waals surface area contributed by atoms with Gasteiger partial charge in [0.1, 0.15) is 30.5 Å². The molecular formula is C59H102O9. The number of carbonyl (C=O) groups is 1. The second-order valence-corrected chi connectivity index (χ2v) is 18.7. The van der Waals surface area contributed by atoms with Gasteiger partial charge in [0.2, 0.25) is 0 Å². The second kappa shape index (κ2) is 49.4. The Morgan fingerprint density at radius 3 is 1.29 bits per heavy atom. The lowest BCUT2D eigenvalue weighted by molar-refractivity contribution is -0.305. The van der Waals surface area contributed by atoms with E-state index in [0.29, 0.717) is 13.0 Å². The highest BCUT2D eigenvalue weighted by Gasteiger charge is 2.44. The summed E-state index contributed by atoms with van der Waals surface area (Å²) in [5.74, 6) is -0.370. The predicted molar refractivity (Wildman–Crippen MR) is 283 cm³/mol. The minimum absolute atomic E-state index is 0.119. The fourth-order valence-electron chi connectivity index (χ4n) is 8.07. The molecule has 0 saturated carbocycles. The maximum atomic E-state index is 12.8. The van der Waals surface area contributed by atoms with Crippen LogP contribution in [0.15, 0.2) is 85.1 Å². The molecule has 6 unspecified atom stereocenters. The summed E-state index contributed by atoms with van der Waals surface area (Å²) in [4.78, 5) is 12.8. The van der Waals surface area contributed by atoms with Gasteiger partial charge in [-0.1, -0.05) is 234 Å². The summed E-state index contributed by atoms with van der Waals surface area (Å²) in [6, 6.07) is 0. The van der Waals surface area contributed by atoms with Crippen molar-refractivity contribution in [2.24, 2.45) is 0 Å². The Bertz CT molecular complexity index is 1320. The van der Waals surface area contributed by atoms with Crippen molar-refractivity contribution in [3.63, 3.8) is 0 Å². The summed E-state index contributed by atoms with van der Waals surface area (Å²) in [6.45, 7) is 4.40. The SMILES string of the molecule is CC/C=C\C/C=C\C/C=C\C/C=C\C/C=C\C/C=C\C/C=C\CCCC(=O)OC(COCCCCCCCCCCCCCCCCCCCCCCCC)COC1OC(CO)C(O)C(O)C1O. The lowest BCUT2D eigenvalue weighted by atomic mass is 9.99. The fraction of sp³-hybridized carbons (Fsp3) is 0.746. The quantitative estimate of drug-likeness (QED) is 0.0267. The Balaban J connectivity index is 2.23. The molecular weight excluding hydrogens is 853 g/mol. The topological polar surface area (TPSA) is 135 Å². The van der Waals surface area contributed by atoms with E-state index < -0.39 is 43.4 Å². The van der Waals surface area contributed by atoms with Crippen LogP contribution in [0.25, 0.3) is 0 Å². The predicted octanol–water partition coefficient (Wildman–Crippen LogP) is 14.1. The number of hydrogen-bond acceptors (Lipinski definition) is 9. The number of ether oxygens (including phenoxy) is 4. The van der Waals surface area contributed by atoms with Gasteiger partial charge in [-0.25, -0.2) is 0 Å². The van der Waals surface area contributed by atoms with Crippen LogP contribution in [0.1, 0.15) is 219 Å². The fourth-order valence-corrected chi connectivity index (χ4v) is 8.07. The van der Waals surface area contributed by atoms with Gasteiger partial charge in [0.15, 0.2) is 6.29 Å². The molecule has 1 heterocycles. The van der Waals surface area contributed by atoms with Crippen LogP contribution in [0, 0.1) is 0 Å². The normalized spacial score (nSPS) is 19.8. The summed E-state index contributed by atoms with van der Waals surface area (Å²) in [5.41, 5.74) is 0. The highest BCUT2D eigenvalue weighted by Crippen LogP contribution is 2.23. The van der Waals surface area contributed by atoms with Gasteiger partial charge in [0, 0.05) is 13.0 Å². The van der Waals surface area contributed by atoms with Gasteiger partial charge >= 0.3 is 5.97 Å². The van der Waals surface area contributed by atoms with E-state index in [2.05, 4.69) is 98.9 Å². The van der Waals surface area contributed by atoms with E-state index in [1.807, 2.05) is 0 Å². The van der Waals surface area contributed by atoms with Gasteiger partial charge in [-0.2, -0.15) is 0 Å². The molecule has 9 nitrogen and oxygen atoms in total. The van der Waals surface area contributed by atoms with Gasteiger partial charge < -0.3 is 39.4 Å². The van der Waals surface area contributed by atoms with Crippen LogP contribution in [0.4, 0.5) is 0 Å². The van der Waals surface area contributed by atoms with Crippen molar-refractivity contribution < 1.29 is 44.2 Å². The molecule has 1 fully saturated rings. The van der Waals surface area contributed by atoms with Crippen LogP contribution < -0.4 is 0 Å². The minimum Gasteiger partial charge on any atom is -0.457 e. The minimum atomic E-state index is -1.55. The Morgan fingerprint density at radius 1 is 0.485 bits per heavy atom. The molecule has 0 aromatic heterocycles. The van der Waals surface area contributed by atoms with Gasteiger partial charge in [0.05, 0.1) is 19.8 Å². The average Bonchev–Trinajstić information content (AvgIpc) is 3.34. The van der Waals surface area contributed by atoms with Crippen molar-refractivity contribution in [2.45, 2.75) is 256 Å². The van der Waals surface area contributed by atoms with Crippen molar-refractivity contribution in [1.82, 2.24) is 0 Å². The highest BCUT2D eigenvalue weighted by atomic mass is 16.7. The molecule has 1 rings (SSSR count). The molecule has 0 spiro atoms. The van der Waals surface area contributed by atoms with Crippen LogP contribution in [-0.2, 0) is 23.7 Å². The van der Waals surface area contributed by atoms with Crippen LogP contribution >= 0.6 is 0 Å². The molecule has 0 aromatic carbocycles. The molecule has 9 heteroatoms.